The SMILES string of the molecule is Cc1c(C(C)NC(=O)CCC(=O)N2CCc3sccc3C2)cnn1-c1ccc(F)cc1. The van der Waals surface area contributed by atoms with E-state index in [1.165, 1.54) is 22.6 Å². The monoisotopic (exact) mass is 440 g/mol. The second-order valence-electron chi connectivity index (χ2n) is 7.80. The van der Waals surface area contributed by atoms with E-state index in [0.717, 1.165) is 23.4 Å². The summed E-state index contributed by atoms with van der Waals surface area (Å²) >= 11 is 1.74. The fraction of sp³-hybridized carbons (Fsp3) is 0.348. The molecule has 162 valence electrons. The van der Waals surface area contributed by atoms with Crippen LogP contribution in [0.1, 0.15) is 47.5 Å². The molecule has 0 spiro atoms. The standard InChI is InChI=1S/C23H25FN4O2S/c1-15(20-13-25-28(16(20)2)19-5-3-18(24)4-6-19)26-22(29)7-8-23(30)27-11-9-21-17(14-27)10-12-31-21/h3-6,10,12-13,15H,7-9,11,14H2,1-2H3,(H,26,29). The van der Waals surface area contributed by atoms with Crippen LogP contribution in [0.4, 0.5) is 4.39 Å². The zero-order valence-corrected chi connectivity index (χ0v) is 18.4. The van der Waals surface area contributed by atoms with E-state index in [-0.39, 0.29) is 36.5 Å². The van der Waals surface area contributed by atoms with Gasteiger partial charge in [-0.3, -0.25) is 9.59 Å². The van der Waals surface area contributed by atoms with Gasteiger partial charge in [-0.1, -0.05) is 0 Å². The molecule has 4 rings (SSSR count). The Hall–Kier alpha value is -3.00. The third kappa shape index (κ3) is 4.69. The van der Waals surface area contributed by atoms with Crippen LogP contribution in [-0.4, -0.2) is 33.0 Å². The van der Waals surface area contributed by atoms with Crippen LogP contribution in [0.2, 0.25) is 0 Å². The van der Waals surface area contributed by atoms with Gasteiger partial charge in [0, 0.05) is 42.1 Å². The smallest absolute Gasteiger partial charge is 0.223 e. The lowest BCUT2D eigenvalue weighted by Gasteiger charge is -2.27. The second-order valence-corrected chi connectivity index (χ2v) is 8.80. The highest BCUT2D eigenvalue weighted by atomic mass is 32.1. The van der Waals surface area contributed by atoms with Gasteiger partial charge in [-0.05, 0) is 61.5 Å². The third-order valence-corrected chi connectivity index (χ3v) is 6.71. The zero-order valence-electron chi connectivity index (χ0n) is 17.6. The van der Waals surface area contributed by atoms with Crippen molar-refractivity contribution in [2.75, 3.05) is 6.54 Å². The van der Waals surface area contributed by atoms with E-state index in [1.54, 1.807) is 34.3 Å². The van der Waals surface area contributed by atoms with Crippen LogP contribution in [-0.2, 0) is 22.6 Å². The number of amides is 2. The average Bonchev–Trinajstić information content (AvgIpc) is 3.38. The predicted molar refractivity (Wildman–Crippen MR) is 117 cm³/mol. The molecule has 3 aromatic rings. The number of thiophene rings is 1. The fourth-order valence-corrected chi connectivity index (χ4v) is 4.81. The molecule has 0 radical (unpaired) electrons. The van der Waals surface area contributed by atoms with Crippen molar-refractivity contribution in [3.63, 3.8) is 0 Å². The van der Waals surface area contributed by atoms with E-state index >= 15 is 0 Å². The zero-order chi connectivity index (χ0) is 22.0. The Morgan fingerprint density at radius 1 is 1.23 bits per heavy atom. The highest BCUT2D eigenvalue weighted by Crippen LogP contribution is 2.25. The first kappa shape index (κ1) is 21.2. The number of carbonyl (C=O) groups is 2. The number of nitrogens with zero attached hydrogens (tertiary/aromatic N) is 3. The average molecular weight is 441 g/mol. The van der Waals surface area contributed by atoms with Gasteiger partial charge in [0.1, 0.15) is 5.82 Å². The predicted octanol–water partition coefficient (Wildman–Crippen LogP) is 3.92. The van der Waals surface area contributed by atoms with Gasteiger partial charge in [-0.15, -0.1) is 11.3 Å². The Bertz CT molecular complexity index is 1090. The topological polar surface area (TPSA) is 67.2 Å². The van der Waals surface area contributed by atoms with E-state index in [1.807, 2.05) is 18.7 Å². The number of halogens is 1. The Morgan fingerprint density at radius 3 is 2.77 bits per heavy atom. The molecule has 0 saturated heterocycles. The molecular formula is C23H25FN4O2S. The summed E-state index contributed by atoms with van der Waals surface area (Å²) < 4.78 is 14.9. The minimum atomic E-state index is -0.302. The number of rotatable bonds is 6. The lowest BCUT2D eigenvalue weighted by molar-refractivity contribution is -0.134. The van der Waals surface area contributed by atoms with E-state index in [0.29, 0.717) is 13.1 Å². The van der Waals surface area contributed by atoms with Crippen LogP contribution in [0, 0.1) is 12.7 Å². The molecule has 0 saturated carbocycles. The second kappa shape index (κ2) is 9.01. The van der Waals surface area contributed by atoms with Crippen LogP contribution >= 0.6 is 11.3 Å². The molecule has 2 amide bonds. The fourth-order valence-electron chi connectivity index (χ4n) is 3.92. The molecule has 8 heteroatoms. The third-order valence-electron chi connectivity index (χ3n) is 5.69. The summed E-state index contributed by atoms with van der Waals surface area (Å²) in [5.41, 5.74) is 3.72. The summed E-state index contributed by atoms with van der Waals surface area (Å²) in [6.45, 7) is 5.15. The maximum atomic E-state index is 13.2. The minimum absolute atomic E-state index is 0.0139. The number of hydrogen-bond donors (Lipinski definition) is 1. The summed E-state index contributed by atoms with van der Waals surface area (Å²) in [7, 11) is 0. The van der Waals surface area contributed by atoms with Crippen LogP contribution < -0.4 is 5.32 Å². The molecular weight excluding hydrogens is 415 g/mol. The molecule has 2 aromatic heterocycles. The molecule has 0 aliphatic carbocycles. The molecule has 0 fully saturated rings. The van der Waals surface area contributed by atoms with Crippen LogP contribution in [0.5, 0.6) is 0 Å². The molecule has 1 atom stereocenters. The Labute approximate surface area is 184 Å². The van der Waals surface area contributed by atoms with Crippen LogP contribution in [0.15, 0.2) is 41.9 Å². The van der Waals surface area contributed by atoms with Crippen molar-refractivity contribution in [1.29, 1.82) is 0 Å². The van der Waals surface area contributed by atoms with E-state index in [2.05, 4.69) is 21.9 Å². The Balaban J connectivity index is 1.31. The van der Waals surface area contributed by atoms with Gasteiger partial charge in [-0.25, -0.2) is 9.07 Å². The quantitative estimate of drug-likeness (QED) is 0.632. The molecule has 31 heavy (non-hydrogen) atoms. The summed E-state index contributed by atoms with van der Waals surface area (Å²) in [5.74, 6) is -0.452. The summed E-state index contributed by atoms with van der Waals surface area (Å²) in [6, 6.07) is 7.92. The number of aromatic nitrogens is 2. The van der Waals surface area contributed by atoms with Crippen molar-refractivity contribution < 1.29 is 14.0 Å². The highest BCUT2D eigenvalue weighted by Gasteiger charge is 2.22. The first-order valence-electron chi connectivity index (χ1n) is 10.3. The van der Waals surface area contributed by atoms with Crippen molar-refractivity contribution in [3.8, 4) is 5.69 Å². The molecule has 1 unspecified atom stereocenters. The highest BCUT2D eigenvalue weighted by molar-refractivity contribution is 7.10. The number of fused-ring (bicyclic) bond motifs is 1. The largest absolute Gasteiger partial charge is 0.349 e. The number of nitrogens with one attached hydrogen (secondary N) is 1. The molecule has 1 aromatic carbocycles. The molecule has 1 N–H and O–H groups in total. The molecule has 1 aliphatic heterocycles. The maximum absolute atomic E-state index is 13.2. The van der Waals surface area contributed by atoms with Crippen molar-refractivity contribution in [2.24, 2.45) is 0 Å². The van der Waals surface area contributed by atoms with Gasteiger partial charge in [0.2, 0.25) is 11.8 Å². The van der Waals surface area contributed by atoms with Crippen LogP contribution in [0.3, 0.4) is 0 Å². The molecule has 1 aliphatic rings. The van der Waals surface area contributed by atoms with Crippen LogP contribution in [0.25, 0.3) is 5.69 Å². The number of benzene rings is 1. The van der Waals surface area contributed by atoms with Gasteiger partial charge in [0.25, 0.3) is 0 Å². The summed E-state index contributed by atoms with van der Waals surface area (Å²) in [5, 5.41) is 9.40. The number of hydrogen-bond acceptors (Lipinski definition) is 4. The Kier molecular flexibility index (Phi) is 6.18. The van der Waals surface area contributed by atoms with Gasteiger partial charge in [0.05, 0.1) is 17.9 Å². The van der Waals surface area contributed by atoms with Crippen molar-refractivity contribution in [3.05, 3.63) is 69.4 Å². The van der Waals surface area contributed by atoms with Gasteiger partial charge >= 0.3 is 0 Å². The number of carbonyl (C=O) groups excluding carboxylic acids is 2. The van der Waals surface area contributed by atoms with Gasteiger partial charge in [-0.2, -0.15) is 5.10 Å². The minimum Gasteiger partial charge on any atom is -0.349 e. The Morgan fingerprint density at radius 2 is 2.00 bits per heavy atom. The first-order valence-corrected chi connectivity index (χ1v) is 11.2. The molecule has 0 bridgehead atoms. The molecule has 6 nitrogen and oxygen atoms in total. The van der Waals surface area contributed by atoms with E-state index in [4.69, 9.17) is 0 Å². The lowest BCUT2D eigenvalue weighted by atomic mass is 10.1. The van der Waals surface area contributed by atoms with Crippen molar-refractivity contribution >= 4 is 23.2 Å². The van der Waals surface area contributed by atoms with Crippen molar-refractivity contribution in [2.45, 2.75) is 45.7 Å². The lowest BCUT2D eigenvalue weighted by Crippen LogP contribution is -2.36. The summed E-state index contributed by atoms with van der Waals surface area (Å²) in [4.78, 5) is 28.2. The maximum Gasteiger partial charge on any atom is 0.223 e. The van der Waals surface area contributed by atoms with Crippen molar-refractivity contribution in [1.82, 2.24) is 20.0 Å². The van der Waals surface area contributed by atoms with E-state index < -0.39 is 0 Å². The summed E-state index contributed by atoms with van der Waals surface area (Å²) in [6.07, 6.45) is 2.95. The van der Waals surface area contributed by atoms with Gasteiger partial charge in [0.15, 0.2) is 0 Å². The van der Waals surface area contributed by atoms with E-state index in [9.17, 15) is 14.0 Å². The molecule has 3 heterocycles. The van der Waals surface area contributed by atoms with Gasteiger partial charge < -0.3 is 10.2 Å². The first-order chi connectivity index (χ1) is 14.9. The normalized spacial score (nSPS) is 14.2.